The Kier molecular flexibility index (Phi) is 6.13. The first kappa shape index (κ1) is 22.5. The minimum Gasteiger partial charge on any atom is -0.368 e. The van der Waals surface area contributed by atoms with Crippen LogP contribution in [0.3, 0.4) is 0 Å². The quantitative estimate of drug-likeness (QED) is 0.411. The van der Waals surface area contributed by atoms with Crippen molar-refractivity contribution in [1.29, 1.82) is 0 Å². The van der Waals surface area contributed by atoms with Gasteiger partial charge in [0.25, 0.3) is 0 Å². The molecule has 3 aliphatic rings. The molecule has 168 valence electrons. The molecule has 9 heteroatoms. The predicted molar refractivity (Wildman–Crippen MR) is 111 cm³/mol. The average molecular weight is 422 g/mol. The van der Waals surface area contributed by atoms with Crippen LogP contribution >= 0.6 is 0 Å². The second-order valence-electron chi connectivity index (χ2n) is 10.1. The van der Waals surface area contributed by atoms with Crippen LogP contribution in [0.5, 0.6) is 0 Å². The van der Waals surface area contributed by atoms with Gasteiger partial charge in [0.2, 0.25) is 23.6 Å². The summed E-state index contributed by atoms with van der Waals surface area (Å²) in [6.07, 6.45) is 1.31. The molecule has 0 aromatic rings. The Hall–Kier alpha value is -2.16. The van der Waals surface area contributed by atoms with E-state index in [0.717, 1.165) is 0 Å². The second-order valence-corrected chi connectivity index (χ2v) is 10.1. The fourth-order valence-electron chi connectivity index (χ4n) is 5.29. The first-order chi connectivity index (χ1) is 13.9. The van der Waals surface area contributed by atoms with E-state index in [4.69, 9.17) is 11.5 Å². The third-order valence-corrected chi connectivity index (χ3v) is 7.15. The Labute approximate surface area is 177 Å². The molecule has 3 fully saturated rings. The summed E-state index contributed by atoms with van der Waals surface area (Å²) < 4.78 is 0. The van der Waals surface area contributed by atoms with E-state index in [9.17, 15) is 19.2 Å². The molecule has 0 aromatic heterocycles. The normalized spacial score (nSPS) is 31.1. The van der Waals surface area contributed by atoms with E-state index in [1.54, 1.807) is 4.90 Å². The lowest BCUT2D eigenvalue weighted by molar-refractivity contribution is -0.142. The topological polar surface area (TPSA) is 148 Å². The molecular formula is C21H35N5O4. The highest BCUT2D eigenvalue weighted by atomic mass is 16.2. The summed E-state index contributed by atoms with van der Waals surface area (Å²) in [5, 5.41) is 5.46. The number of hydrogen-bond donors (Lipinski definition) is 4. The summed E-state index contributed by atoms with van der Waals surface area (Å²) in [4.78, 5) is 51.7. The highest BCUT2D eigenvalue weighted by molar-refractivity contribution is 5.94. The molecule has 0 unspecified atom stereocenters. The third kappa shape index (κ3) is 4.17. The Morgan fingerprint density at radius 1 is 1.30 bits per heavy atom. The highest BCUT2D eigenvalue weighted by Crippen LogP contribution is 2.64. The van der Waals surface area contributed by atoms with Gasteiger partial charge < -0.3 is 27.0 Å². The number of likely N-dealkylation sites (tertiary alicyclic amines) is 1. The number of nitrogens with two attached hydrogens (primary N) is 2. The van der Waals surface area contributed by atoms with Crippen LogP contribution in [0, 0.1) is 29.1 Å². The van der Waals surface area contributed by atoms with E-state index in [-0.39, 0.29) is 53.2 Å². The van der Waals surface area contributed by atoms with Crippen molar-refractivity contribution in [1.82, 2.24) is 15.5 Å². The monoisotopic (exact) mass is 421 g/mol. The van der Waals surface area contributed by atoms with Crippen molar-refractivity contribution in [2.24, 2.45) is 40.6 Å². The molecule has 6 N–H and O–H groups in total. The van der Waals surface area contributed by atoms with E-state index in [1.807, 2.05) is 13.8 Å². The SMILES string of the molecule is CC(C)C[C@H](N)C(=O)N1C[C@H]2[C@@H]([C@H]1C(=O)N[C@@H](C[C@@H]1CCNC1=O)C(N)=O)C2(C)C. The number of rotatable bonds is 8. The van der Waals surface area contributed by atoms with Gasteiger partial charge in [-0.3, -0.25) is 19.2 Å². The van der Waals surface area contributed by atoms with Gasteiger partial charge in [-0.15, -0.1) is 0 Å². The van der Waals surface area contributed by atoms with Crippen LogP contribution in [-0.4, -0.2) is 59.7 Å². The summed E-state index contributed by atoms with van der Waals surface area (Å²) in [5.74, 6) is -1.25. The van der Waals surface area contributed by atoms with Crippen LogP contribution in [0.4, 0.5) is 0 Å². The zero-order valence-electron chi connectivity index (χ0n) is 18.3. The van der Waals surface area contributed by atoms with Gasteiger partial charge in [0.15, 0.2) is 0 Å². The zero-order chi connectivity index (χ0) is 22.4. The van der Waals surface area contributed by atoms with Crippen molar-refractivity contribution >= 4 is 23.6 Å². The van der Waals surface area contributed by atoms with Gasteiger partial charge in [0, 0.05) is 19.0 Å². The number of amides is 4. The third-order valence-electron chi connectivity index (χ3n) is 7.15. The highest BCUT2D eigenvalue weighted by Gasteiger charge is 2.69. The van der Waals surface area contributed by atoms with Gasteiger partial charge in [0.05, 0.1) is 6.04 Å². The van der Waals surface area contributed by atoms with Crippen molar-refractivity contribution in [2.45, 2.75) is 65.1 Å². The summed E-state index contributed by atoms with van der Waals surface area (Å²) in [6, 6.07) is -2.28. The molecule has 0 aromatic carbocycles. The largest absolute Gasteiger partial charge is 0.368 e. The molecule has 2 heterocycles. The lowest BCUT2D eigenvalue weighted by atomic mass is 9.96. The van der Waals surface area contributed by atoms with Gasteiger partial charge in [-0.05, 0) is 42.4 Å². The lowest BCUT2D eigenvalue weighted by Crippen LogP contribution is -2.57. The van der Waals surface area contributed by atoms with Crippen LogP contribution in [-0.2, 0) is 19.2 Å². The number of fused-ring (bicyclic) bond motifs is 1. The van der Waals surface area contributed by atoms with E-state index in [2.05, 4.69) is 24.5 Å². The number of nitrogens with one attached hydrogen (secondary N) is 2. The van der Waals surface area contributed by atoms with Crippen molar-refractivity contribution in [3.8, 4) is 0 Å². The van der Waals surface area contributed by atoms with Crippen molar-refractivity contribution in [3.05, 3.63) is 0 Å². The average Bonchev–Trinajstić information content (AvgIpc) is 3.01. The van der Waals surface area contributed by atoms with Crippen molar-refractivity contribution in [2.75, 3.05) is 13.1 Å². The summed E-state index contributed by atoms with van der Waals surface area (Å²) >= 11 is 0. The van der Waals surface area contributed by atoms with Crippen LogP contribution in [0.15, 0.2) is 0 Å². The summed E-state index contributed by atoms with van der Waals surface area (Å²) in [6.45, 7) is 9.23. The maximum Gasteiger partial charge on any atom is 0.243 e. The molecule has 2 aliphatic heterocycles. The number of hydrogen-bond acceptors (Lipinski definition) is 5. The first-order valence-electron chi connectivity index (χ1n) is 10.9. The van der Waals surface area contributed by atoms with Gasteiger partial charge in [-0.2, -0.15) is 0 Å². The number of nitrogens with zero attached hydrogens (tertiary/aromatic N) is 1. The van der Waals surface area contributed by atoms with Crippen molar-refractivity contribution in [3.63, 3.8) is 0 Å². The van der Waals surface area contributed by atoms with Crippen LogP contribution in [0.2, 0.25) is 0 Å². The molecule has 6 atom stereocenters. The smallest absolute Gasteiger partial charge is 0.243 e. The van der Waals surface area contributed by atoms with E-state index in [1.165, 1.54) is 0 Å². The van der Waals surface area contributed by atoms with Crippen LogP contribution < -0.4 is 22.1 Å². The fraction of sp³-hybridized carbons (Fsp3) is 0.810. The molecule has 1 aliphatic carbocycles. The minimum atomic E-state index is -0.950. The Bertz CT molecular complexity index is 737. The molecule has 1 saturated carbocycles. The molecule has 3 rings (SSSR count). The standard InChI is InChI=1S/C21H35N5O4/c1-10(2)7-13(22)20(30)26-9-12-15(21(12,3)4)16(26)19(29)25-14(17(23)27)8-11-5-6-24-18(11)28/h10-16H,5-9,22H2,1-4H3,(H2,23,27)(H,24,28)(H,25,29)/t11-,12-,13-,14-,15-,16-/m0/s1. The van der Waals surface area contributed by atoms with Gasteiger partial charge >= 0.3 is 0 Å². The summed E-state index contributed by atoms with van der Waals surface area (Å²) in [7, 11) is 0. The van der Waals surface area contributed by atoms with E-state index in [0.29, 0.717) is 25.9 Å². The molecule has 0 spiro atoms. The van der Waals surface area contributed by atoms with Gasteiger partial charge in [-0.25, -0.2) is 0 Å². The van der Waals surface area contributed by atoms with Gasteiger partial charge in [-0.1, -0.05) is 27.7 Å². The number of piperidine rings is 1. The number of primary amides is 1. The summed E-state index contributed by atoms with van der Waals surface area (Å²) in [5.41, 5.74) is 11.6. The maximum atomic E-state index is 13.2. The predicted octanol–water partition coefficient (Wildman–Crippen LogP) is -0.661. The number of carbonyl (C=O) groups excluding carboxylic acids is 4. The lowest BCUT2D eigenvalue weighted by Gasteiger charge is -2.33. The van der Waals surface area contributed by atoms with Gasteiger partial charge in [0.1, 0.15) is 12.1 Å². The molecule has 0 radical (unpaired) electrons. The molecule has 9 nitrogen and oxygen atoms in total. The van der Waals surface area contributed by atoms with E-state index >= 15 is 0 Å². The zero-order valence-corrected chi connectivity index (χ0v) is 18.3. The Balaban J connectivity index is 1.73. The van der Waals surface area contributed by atoms with Crippen LogP contribution in [0.1, 0.15) is 47.0 Å². The molecule has 30 heavy (non-hydrogen) atoms. The molecule has 4 amide bonds. The maximum absolute atomic E-state index is 13.2. The Morgan fingerprint density at radius 2 is 1.97 bits per heavy atom. The van der Waals surface area contributed by atoms with Crippen molar-refractivity contribution < 1.29 is 19.2 Å². The fourth-order valence-corrected chi connectivity index (χ4v) is 5.29. The second kappa shape index (κ2) is 8.17. The number of carbonyl (C=O) groups is 4. The molecule has 0 bridgehead atoms. The Morgan fingerprint density at radius 3 is 2.50 bits per heavy atom. The first-order valence-corrected chi connectivity index (χ1v) is 10.9. The van der Waals surface area contributed by atoms with Crippen LogP contribution in [0.25, 0.3) is 0 Å². The molecular weight excluding hydrogens is 386 g/mol. The van der Waals surface area contributed by atoms with E-state index < -0.39 is 24.0 Å². The molecule has 2 saturated heterocycles. The minimum absolute atomic E-state index is 0.0241.